The zero-order chi connectivity index (χ0) is 15.9. The first-order valence-electron chi connectivity index (χ1n) is 7.09. The molecule has 0 fully saturated rings. The van der Waals surface area contributed by atoms with Crippen molar-refractivity contribution in [3.8, 4) is 5.75 Å². The van der Waals surface area contributed by atoms with Crippen molar-refractivity contribution in [1.29, 1.82) is 0 Å². The van der Waals surface area contributed by atoms with Crippen LogP contribution in [0.1, 0.15) is 18.9 Å². The Hall–Kier alpha value is -2.08. The van der Waals surface area contributed by atoms with Gasteiger partial charge in [0.25, 0.3) is 5.91 Å². The summed E-state index contributed by atoms with van der Waals surface area (Å²) in [5.74, 6) is 0.516. The van der Waals surface area contributed by atoms with Gasteiger partial charge in [-0.15, -0.1) is 0 Å². The Balaban J connectivity index is 1.74. The summed E-state index contributed by atoms with van der Waals surface area (Å²) in [5.41, 5.74) is 0.901. The Bertz CT molecular complexity index is 616. The second-order valence-corrected chi connectivity index (χ2v) is 5.41. The maximum Gasteiger partial charge on any atom is 0.260 e. The molecule has 7 heteroatoms. The van der Waals surface area contributed by atoms with Crippen molar-refractivity contribution >= 4 is 17.5 Å². The second kappa shape index (κ2) is 7.79. The van der Waals surface area contributed by atoms with E-state index in [0.717, 1.165) is 12.0 Å². The van der Waals surface area contributed by atoms with Crippen LogP contribution >= 0.6 is 11.6 Å². The van der Waals surface area contributed by atoms with E-state index in [4.69, 9.17) is 16.3 Å². The lowest BCUT2D eigenvalue weighted by molar-refractivity contribution is -0.127. The lowest BCUT2D eigenvalue weighted by Crippen LogP contribution is -2.37. The van der Waals surface area contributed by atoms with E-state index >= 15 is 0 Å². The van der Waals surface area contributed by atoms with E-state index < -0.39 is 6.10 Å². The summed E-state index contributed by atoms with van der Waals surface area (Å²) >= 11 is 5.90. The number of carbonyl (C=O) groups is 1. The van der Waals surface area contributed by atoms with Crippen LogP contribution in [0.2, 0.25) is 5.02 Å². The molecule has 0 aliphatic heterocycles. The number of amides is 1. The zero-order valence-electron chi connectivity index (χ0n) is 12.6. The number of hydrogen-bond acceptors (Lipinski definition) is 4. The van der Waals surface area contributed by atoms with Crippen molar-refractivity contribution in [3.05, 3.63) is 41.4 Å². The Kier molecular flexibility index (Phi) is 5.77. The van der Waals surface area contributed by atoms with E-state index in [1.165, 1.54) is 6.33 Å². The van der Waals surface area contributed by atoms with Gasteiger partial charge in [0, 0.05) is 18.1 Å². The van der Waals surface area contributed by atoms with Crippen LogP contribution in [0.5, 0.6) is 5.75 Å². The largest absolute Gasteiger partial charge is 0.481 e. The van der Waals surface area contributed by atoms with Crippen molar-refractivity contribution < 1.29 is 9.53 Å². The first kappa shape index (κ1) is 16.3. The molecule has 118 valence electrons. The number of ether oxygens (including phenoxy) is 1. The smallest absolute Gasteiger partial charge is 0.260 e. The van der Waals surface area contributed by atoms with Gasteiger partial charge in [-0.1, -0.05) is 11.6 Å². The number of rotatable bonds is 7. The predicted molar refractivity (Wildman–Crippen MR) is 83.9 cm³/mol. The molecule has 1 aromatic heterocycles. The molecule has 0 saturated heterocycles. The van der Waals surface area contributed by atoms with Gasteiger partial charge in [-0.25, -0.2) is 4.98 Å². The van der Waals surface area contributed by atoms with Crippen LogP contribution in [0.25, 0.3) is 0 Å². The Labute approximate surface area is 134 Å². The minimum Gasteiger partial charge on any atom is -0.481 e. The maximum atomic E-state index is 12.0. The average molecular weight is 323 g/mol. The lowest BCUT2D eigenvalue weighted by Gasteiger charge is -2.16. The van der Waals surface area contributed by atoms with Crippen LogP contribution < -0.4 is 10.1 Å². The highest BCUT2D eigenvalue weighted by Crippen LogP contribution is 2.22. The Morgan fingerprint density at radius 1 is 1.50 bits per heavy atom. The molecule has 0 aliphatic rings. The van der Waals surface area contributed by atoms with Gasteiger partial charge in [0.15, 0.2) is 6.10 Å². The molecule has 1 unspecified atom stereocenters. The molecule has 6 nitrogen and oxygen atoms in total. The van der Waals surface area contributed by atoms with E-state index in [9.17, 15) is 4.79 Å². The third-order valence-corrected chi connectivity index (χ3v) is 3.37. The number of hydrogen-bond donors (Lipinski definition) is 1. The van der Waals surface area contributed by atoms with Crippen molar-refractivity contribution in [2.75, 3.05) is 6.54 Å². The van der Waals surface area contributed by atoms with E-state index in [2.05, 4.69) is 15.4 Å². The molecule has 0 bridgehead atoms. The fraction of sp³-hybridized carbons (Fsp3) is 0.400. The molecule has 22 heavy (non-hydrogen) atoms. The predicted octanol–water partition coefficient (Wildman–Crippen LogP) is 2.21. The fourth-order valence-electron chi connectivity index (χ4n) is 1.93. The summed E-state index contributed by atoms with van der Waals surface area (Å²) in [4.78, 5) is 15.9. The van der Waals surface area contributed by atoms with Crippen molar-refractivity contribution in [2.24, 2.45) is 0 Å². The SMILES string of the molecule is Cc1cc(Cl)ccc1OC(C)C(=O)NCCCn1cncn1. The standard InChI is InChI=1S/C15H19ClN4O2/c1-11-8-13(16)4-5-14(11)22-12(2)15(21)18-6-3-7-20-10-17-9-19-20/h4-5,8-10,12H,3,6-7H2,1-2H3,(H,18,21). The van der Waals surface area contributed by atoms with Gasteiger partial charge in [0.1, 0.15) is 18.4 Å². The lowest BCUT2D eigenvalue weighted by atomic mass is 10.2. The van der Waals surface area contributed by atoms with Crippen LogP contribution in [0.4, 0.5) is 0 Å². The van der Waals surface area contributed by atoms with E-state index in [1.807, 2.05) is 6.92 Å². The summed E-state index contributed by atoms with van der Waals surface area (Å²) < 4.78 is 7.39. The Morgan fingerprint density at radius 2 is 2.32 bits per heavy atom. The molecule has 0 spiro atoms. The van der Waals surface area contributed by atoms with E-state index in [1.54, 1.807) is 36.1 Å². The average Bonchev–Trinajstić information content (AvgIpc) is 2.99. The summed E-state index contributed by atoms with van der Waals surface area (Å²) in [6, 6.07) is 5.32. The number of nitrogens with zero attached hydrogens (tertiary/aromatic N) is 3. The second-order valence-electron chi connectivity index (χ2n) is 4.97. The van der Waals surface area contributed by atoms with E-state index in [-0.39, 0.29) is 5.91 Å². The maximum absolute atomic E-state index is 12.0. The quantitative estimate of drug-likeness (QED) is 0.794. The molecule has 1 heterocycles. The number of aryl methyl sites for hydroxylation is 2. The zero-order valence-corrected chi connectivity index (χ0v) is 13.4. The minimum atomic E-state index is -0.564. The molecule has 1 N–H and O–H groups in total. The number of carbonyl (C=O) groups excluding carboxylic acids is 1. The third-order valence-electron chi connectivity index (χ3n) is 3.14. The van der Waals surface area contributed by atoms with Crippen LogP contribution in [0, 0.1) is 6.92 Å². The van der Waals surface area contributed by atoms with Gasteiger partial charge in [-0.2, -0.15) is 5.10 Å². The third kappa shape index (κ3) is 4.73. The van der Waals surface area contributed by atoms with Crippen LogP contribution in [-0.2, 0) is 11.3 Å². The molecule has 2 rings (SSSR count). The summed E-state index contributed by atoms with van der Waals surface area (Å²) in [5, 5.41) is 7.49. The van der Waals surface area contributed by atoms with Crippen molar-refractivity contribution in [3.63, 3.8) is 0 Å². The van der Waals surface area contributed by atoms with Gasteiger partial charge in [0.05, 0.1) is 0 Å². The summed E-state index contributed by atoms with van der Waals surface area (Å²) in [6.07, 6.45) is 3.35. The van der Waals surface area contributed by atoms with Gasteiger partial charge >= 0.3 is 0 Å². The summed E-state index contributed by atoms with van der Waals surface area (Å²) in [7, 11) is 0. The van der Waals surface area contributed by atoms with Gasteiger partial charge in [0.2, 0.25) is 0 Å². The van der Waals surface area contributed by atoms with Crippen molar-refractivity contribution in [2.45, 2.75) is 32.9 Å². The number of nitrogens with one attached hydrogen (secondary N) is 1. The highest BCUT2D eigenvalue weighted by Gasteiger charge is 2.15. The number of benzene rings is 1. The van der Waals surface area contributed by atoms with Crippen molar-refractivity contribution in [1.82, 2.24) is 20.1 Å². The fourth-order valence-corrected chi connectivity index (χ4v) is 2.16. The summed E-state index contributed by atoms with van der Waals surface area (Å²) in [6.45, 7) is 4.89. The molecule has 0 aliphatic carbocycles. The number of aromatic nitrogens is 3. The van der Waals surface area contributed by atoms with Crippen LogP contribution in [-0.4, -0.2) is 33.3 Å². The van der Waals surface area contributed by atoms with Gasteiger partial charge in [-0.3, -0.25) is 9.48 Å². The highest BCUT2D eigenvalue weighted by atomic mass is 35.5. The monoisotopic (exact) mass is 322 g/mol. The molecule has 0 radical (unpaired) electrons. The van der Waals surface area contributed by atoms with Gasteiger partial charge in [-0.05, 0) is 44.0 Å². The molecule has 1 aromatic carbocycles. The topological polar surface area (TPSA) is 69.0 Å². The molecule has 1 amide bonds. The number of halogens is 1. The van der Waals surface area contributed by atoms with E-state index in [0.29, 0.717) is 23.9 Å². The minimum absolute atomic E-state index is 0.145. The highest BCUT2D eigenvalue weighted by molar-refractivity contribution is 6.30. The first-order valence-corrected chi connectivity index (χ1v) is 7.47. The molecule has 2 aromatic rings. The Morgan fingerprint density at radius 3 is 3.00 bits per heavy atom. The first-order chi connectivity index (χ1) is 10.6. The van der Waals surface area contributed by atoms with Gasteiger partial charge < -0.3 is 10.1 Å². The molecule has 1 atom stereocenters. The van der Waals surface area contributed by atoms with Crippen LogP contribution in [0.15, 0.2) is 30.9 Å². The molecular weight excluding hydrogens is 304 g/mol. The molecular formula is C15H19ClN4O2. The molecule has 0 saturated carbocycles. The normalized spacial score (nSPS) is 12.0. The van der Waals surface area contributed by atoms with Crippen LogP contribution in [0.3, 0.4) is 0 Å².